The van der Waals surface area contributed by atoms with Crippen LogP contribution in [0.4, 0.5) is 5.82 Å². The van der Waals surface area contributed by atoms with Crippen LogP contribution in [0.5, 0.6) is 0 Å². The number of anilines is 1. The lowest BCUT2D eigenvalue weighted by molar-refractivity contribution is 0.0115. The molecular weight excluding hydrogens is 561 g/mol. The number of morpholine rings is 1. The molecule has 11 heteroatoms. The summed E-state index contributed by atoms with van der Waals surface area (Å²) in [6, 6.07) is 16.4. The van der Waals surface area contributed by atoms with Gasteiger partial charge in [0.1, 0.15) is 11.5 Å². The molecule has 4 heterocycles. The Balaban J connectivity index is 0.00000194. The monoisotopic (exact) mass is 597 g/mol. The highest BCUT2D eigenvalue weighted by atomic mass is 35.5. The zero-order valence-electron chi connectivity index (χ0n) is 23.0. The topological polar surface area (TPSA) is 99.3 Å². The highest BCUT2D eigenvalue weighted by Gasteiger charge is 2.28. The molecule has 2 aliphatic rings. The predicted octanol–water partition coefficient (Wildman–Crippen LogP) is 4.53. The normalized spacial score (nSPS) is 16.1. The Bertz CT molecular complexity index is 1390. The molecule has 2 N–H and O–H groups in total. The summed E-state index contributed by atoms with van der Waals surface area (Å²) in [5, 5.41) is 3.02. The van der Waals surface area contributed by atoms with Crippen LogP contribution in [0.2, 0.25) is 0 Å². The number of hydrogen-bond acceptors (Lipinski definition) is 7. The molecule has 0 unspecified atom stereocenters. The van der Waals surface area contributed by atoms with E-state index in [1.54, 1.807) is 6.20 Å². The SMILES string of the molecule is Cl.Cl.O=C(NCCCc1ncc[nH]1)c1ccc2nc(N3CCC(N4CCOCC4)CC3)c(-c3ccccc3)nc2c1. The van der Waals surface area contributed by atoms with Crippen molar-refractivity contribution in [1.29, 1.82) is 0 Å². The van der Waals surface area contributed by atoms with Crippen molar-refractivity contribution in [1.82, 2.24) is 30.2 Å². The van der Waals surface area contributed by atoms with Crippen molar-refractivity contribution >= 4 is 47.6 Å². The lowest BCUT2D eigenvalue weighted by atomic mass is 10.0. The number of carbonyl (C=O) groups excluding carboxylic acids is 1. The Hall–Kier alpha value is -3.24. The number of ether oxygens (including phenoxy) is 1. The maximum Gasteiger partial charge on any atom is 0.251 e. The Labute approximate surface area is 252 Å². The molecule has 0 saturated carbocycles. The first-order chi connectivity index (χ1) is 19.2. The second-order valence-corrected chi connectivity index (χ2v) is 10.2. The number of aryl methyl sites for hydroxylation is 1. The molecule has 2 fully saturated rings. The van der Waals surface area contributed by atoms with Gasteiger partial charge in [-0.05, 0) is 37.5 Å². The largest absolute Gasteiger partial charge is 0.379 e. The molecule has 1 amide bonds. The third-order valence-corrected chi connectivity index (χ3v) is 7.71. The van der Waals surface area contributed by atoms with E-state index < -0.39 is 0 Å². The van der Waals surface area contributed by atoms with Gasteiger partial charge in [-0.25, -0.2) is 15.0 Å². The number of nitrogens with one attached hydrogen (secondary N) is 2. The smallest absolute Gasteiger partial charge is 0.251 e. The fourth-order valence-electron chi connectivity index (χ4n) is 5.58. The average Bonchev–Trinajstić information content (AvgIpc) is 3.53. The number of aromatic nitrogens is 4. The van der Waals surface area contributed by atoms with E-state index in [1.165, 1.54) is 0 Å². The van der Waals surface area contributed by atoms with E-state index in [2.05, 4.69) is 37.2 Å². The summed E-state index contributed by atoms with van der Waals surface area (Å²) in [5.74, 6) is 1.75. The van der Waals surface area contributed by atoms with Gasteiger partial charge in [0.2, 0.25) is 0 Å². The van der Waals surface area contributed by atoms with Crippen molar-refractivity contribution in [3.63, 3.8) is 0 Å². The van der Waals surface area contributed by atoms with Gasteiger partial charge in [-0.15, -0.1) is 24.8 Å². The van der Waals surface area contributed by atoms with Gasteiger partial charge in [0, 0.05) is 68.7 Å². The summed E-state index contributed by atoms with van der Waals surface area (Å²) in [6.45, 7) is 6.18. The molecule has 0 atom stereocenters. The predicted molar refractivity (Wildman–Crippen MR) is 166 cm³/mol. The second kappa shape index (κ2) is 14.6. The van der Waals surface area contributed by atoms with Crippen molar-refractivity contribution in [3.8, 4) is 11.3 Å². The van der Waals surface area contributed by atoms with Crippen molar-refractivity contribution in [2.75, 3.05) is 50.8 Å². The Morgan fingerprint density at radius 3 is 2.49 bits per heavy atom. The maximum absolute atomic E-state index is 12.9. The van der Waals surface area contributed by atoms with E-state index in [9.17, 15) is 4.79 Å². The Kier molecular flexibility index (Phi) is 10.9. The van der Waals surface area contributed by atoms with Gasteiger partial charge in [-0.3, -0.25) is 9.69 Å². The lowest BCUT2D eigenvalue weighted by Crippen LogP contribution is -2.49. The van der Waals surface area contributed by atoms with Crippen LogP contribution in [0.3, 0.4) is 0 Å². The first kappa shape index (κ1) is 30.7. The van der Waals surface area contributed by atoms with Crippen molar-refractivity contribution in [2.45, 2.75) is 31.7 Å². The molecule has 2 aromatic heterocycles. The summed E-state index contributed by atoms with van der Waals surface area (Å²) in [5.41, 5.74) is 4.01. The maximum atomic E-state index is 12.9. The molecule has 4 aromatic rings. The molecule has 9 nitrogen and oxygen atoms in total. The first-order valence-electron chi connectivity index (χ1n) is 13.9. The van der Waals surface area contributed by atoms with E-state index >= 15 is 0 Å². The van der Waals surface area contributed by atoms with Crippen molar-refractivity contribution in [3.05, 3.63) is 72.3 Å². The number of fused-ring (bicyclic) bond motifs is 1. The molecule has 0 spiro atoms. The van der Waals surface area contributed by atoms with Crippen LogP contribution in [-0.2, 0) is 11.2 Å². The number of halogens is 2. The number of piperidine rings is 1. The molecule has 2 saturated heterocycles. The third-order valence-electron chi connectivity index (χ3n) is 7.71. The van der Waals surface area contributed by atoms with Gasteiger partial charge in [0.05, 0.1) is 24.2 Å². The summed E-state index contributed by atoms with van der Waals surface area (Å²) in [7, 11) is 0. The molecule has 6 rings (SSSR count). The molecular formula is C30H37Cl2N7O2. The van der Waals surface area contributed by atoms with Crippen LogP contribution in [-0.4, -0.2) is 82.7 Å². The van der Waals surface area contributed by atoms with E-state index in [0.717, 1.165) is 99.0 Å². The van der Waals surface area contributed by atoms with Crippen LogP contribution < -0.4 is 10.2 Å². The molecule has 0 bridgehead atoms. The molecule has 2 aromatic carbocycles. The summed E-state index contributed by atoms with van der Waals surface area (Å²) in [6.07, 6.45) is 7.37. The summed E-state index contributed by atoms with van der Waals surface area (Å²) < 4.78 is 5.55. The van der Waals surface area contributed by atoms with Crippen LogP contribution in [0, 0.1) is 0 Å². The minimum atomic E-state index is -0.103. The van der Waals surface area contributed by atoms with E-state index in [-0.39, 0.29) is 30.7 Å². The van der Waals surface area contributed by atoms with Gasteiger partial charge in [-0.2, -0.15) is 0 Å². The first-order valence-corrected chi connectivity index (χ1v) is 13.9. The second-order valence-electron chi connectivity index (χ2n) is 10.2. The summed E-state index contributed by atoms with van der Waals surface area (Å²) >= 11 is 0. The van der Waals surface area contributed by atoms with Crippen LogP contribution >= 0.6 is 24.8 Å². The molecule has 0 radical (unpaired) electrons. The highest BCUT2D eigenvalue weighted by Crippen LogP contribution is 2.32. The number of benzene rings is 2. The zero-order valence-corrected chi connectivity index (χ0v) is 24.6. The Morgan fingerprint density at radius 2 is 1.76 bits per heavy atom. The number of aromatic amines is 1. The van der Waals surface area contributed by atoms with Gasteiger partial charge in [0.25, 0.3) is 5.91 Å². The molecule has 2 aliphatic heterocycles. The minimum Gasteiger partial charge on any atom is -0.379 e. The number of H-pyrrole nitrogens is 1. The number of hydrogen-bond donors (Lipinski definition) is 2. The highest BCUT2D eigenvalue weighted by molar-refractivity contribution is 5.98. The fourth-order valence-corrected chi connectivity index (χ4v) is 5.58. The van der Waals surface area contributed by atoms with Crippen LogP contribution in [0.25, 0.3) is 22.3 Å². The van der Waals surface area contributed by atoms with E-state index in [0.29, 0.717) is 18.2 Å². The standard InChI is InChI=1S/C30H35N7O2.2ClH/c38-30(33-12-4-7-27-31-13-14-32-27)23-8-9-25-26(21-23)34-28(22-5-2-1-3-6-22)29(35-25)37-15-10-24(11-16-37)36-17-19-39-20-18-36;;/h1-3,5-6,8-9,13-14,21,24H,4,7,10-12,15-20H2,(H,31,32)(H,33,38);2*1H. The number of imidazole rings is 1. The van der Waals surface area contributed by atoms with Gasteiger partial charge < -0.3 is 19.9 Å². The van der Waals surface area contributed by atoms with Crippen molar-refractivity contribution in [2.24, 2.45) is 0 Å². The van der Waals surface area contributed by atoms with Crippen LogP contribution in [0.15, 0.2) is 60.9 Å². The molecule has 218 valence electrons. The number of nitrogens with zero attached hydrogens (tertiary/aromatic N) is 5. The van der Waals surface area contributed by atoms with Gasteiger partial charge >= 0.3 is 0 Å². The van der Waals surface area contributed by atoms with Crippen LogP contribution in [0.1, 0.15) is 35.4 Å². The van der Waals surface area contributed by atoms with Gasteiger partial charge in [0.15, 0.2) is 5.82 Å². The third kappa shape index (κ3) is 7.35. The number of carbonyl (C=O) groups is 1. The van der Waals surface area contributed by atoms with Gasteiger partial charge in [-0.1, -0.05) is 30.3 Å². The van der Waals surface area contributed by atoms with E-state index in [4.69, 9.17) is 14.7 Å². The zero-order chi connectivity index (χ0) is 26.4. The minimum absolute atomic E-state index is 0. The number of amides is 1. The fraction of sp³-hybridized carbons (Fsp3) is 0.400. The number of rotatable bonds is 8. The summed E-state index contributed by atoms with van der Waals surface area (Å²) in [4.78, 5) is 35.3. The van der Waals surface area contributed by atoms with Crippen molar-refractivity contribution < 1.29 is 9.53 Å². The molecule has 41 heavy (non-hydrogen) atoms. The lowest BCUT2D eigenvalue weighted by Gasteiger charge is -2.40. The average molecular weight is 599 g/mol. The van der Waals surface area contributed by atoms with E-state index in [1.807, 2.05) is 42.6 Å². The molecule has 0 aliphatic carbocycles. The quantitative estimate of drug-likeness (QED) is 0.288. The Morgan fingerprint density at radius 1 is 0.976 bits per heavy atom.